The van der Waals surface area contributed by atoms with Gasteiger partial charge >= 0.3 is 17.6 Å². The number of thioether (sulfide) groups is 1. The van der Waals surface area contributed by atoms with Crippen molar-refractivity contribution in [2.75, 3.05) is 16.0 Å². The van der Waals surface area contributed by atoms with Crippen molar-refractivity contribution in [1.29, 1.82) is 0 Å². The van der Waals surface area contributed by atoms with E-state index < -0.39 is 17.6 Å². The molecule has 5 N–H and O–H groups in total. The number of ether oxygens (including phenoxy) is 1. The number of aromatic nitrogens is 2. The van der Waals surface area contributed by atoms with Crippen LogP contribution in [0, 0.1) is 0 Å². The standard InChI is InChI=1S/C22H16F3N5O4S/c23-22(24,25)35-16-7-4-12(5-8-16)26-20(31)27-13-2-1-3-14(10-13)34-15-6-9-17-18(11-15)29-19(28-17)30-21(32)33/h1-11H,(H,32,33)(H2,26,27,31)(H2,28,29,30). The molecule has 35 heavy (non-hydrogen) atoms. The molecule has 1 aromatic heterocycles. The third kappa shape index (κ3) is 6.80. The number of aromatic amines is 1. The molecule has 0 radical (unpaired) electrons. The van der Waals surface area contributed by atoms with Gasteiger partial charge in [0.1, 0.15) is 11.5 Å². The van der Waals surface area contributed by atoms with Crippen LogP contribution < -0.4 is 20.7 Å². The van der Waals surface area contributed by atoms with Gasteiger partial charge < -0.3 is 25.5 Å². The van der Waals surface area contributed by atoms with Crippen LogP contribution in [0.2, 0.25) is 0 Å². The minimum atomic E-state index is -4.38. The maximum Gasteiger partial charge on any atom is 0.446 e. The monoisotopic (exact) mass is 503 g/mol. The van der Waals surface area contributed by atoms with Crippen molar-refractivity contribution in [3.8, 4) is 11.5 Å². The van der Waals surface area contributed by atoms with Gasteiger partial charge in [0, 0.05) is 28.4 Å². The van der Waals surface area contributed by atoms with Crippen LogP contribution in [-0.2, 0) is 0 Å². The zero-order valence-electron chi connectivity index (χ0n) is 17.5. The highest BCUT2D eigenvalue weighted by molar-refractivity contribution is 8.00. The molecule has 9 nitrogen and oxygen atoms in total. The summed E-state index contributed by atoms with van der Waals surface area (Å²) >= 11 is -0.237. The summed E-state index contributed by atoms with van der Waals surface area (Å²) in [7, 11) is 0. The third-order valence-electron chi connectivity index (χ3n) is 4.35. The molecule has 4 aromatic rings. The van der Waals surface area contributed by atoms with E-state index in [2.05, 4.69) is 25.9 Å². The van der Waals surface area contributed by atoms with E-state index in [9.17, 15) is 22.8 Å². The Bertz CT molecular complexity index is 1380. The highest BCUT2D eigenvalue weighted by atomic mass is 32.2. The Hall–Kier alpha value is -4.39. The molecule has 1 heterocycles. The lowest BCUT2D eigenvalue weighted by atomic mass is 10.3. The van der Waals surface area contributed by atoms with Gasteiger partial charge in [0.05, 0.1) is 11.0 Å². The number of fused-ring (bicyclic) bond motifs is 1. The highest BCUT2D eigenvalue weighted by Gasteiger charge is 2.29. The van der Waals surface area contributed by atoms with Crippen LogP contribution in [0.1, 0.15) is 0 Å². The van der Waals surface area contributed by atoms with Crippen LogP contribution in [0.15, 0.2) is 71.6 Å². The molecule has 0 atom stereocenters. The van der Waals surface area contributed by atoms with E-state index in [0.29, 0.717) is 33.9 Å². The lowest BCUT2D eigenvalue weighted by Crippen LogP contribution is -2.19. The third-order valence-corrected chi connectivity index (χ3v) is 5.09. The first-order valence-corrected chi connectivity index (χ1v) is 10.7. The number of hydrogen-bond donors (Lipinski definition) is 5. The van der Waals surface area contributed by atoms with Gasteiger partial charge in [-0.15, -0.1) is 0 Å². The molecule has 0 aliphatic carbocycles. The van der Waals surface area contributed by atoms with Gasteiger partial charge in [0.15, 0.2) is 0 Å². The molecule has 180 valence electrons. The van der Waals surface area contributed by atoms with Crippen LogP contribution in [0.3, 0.4) is 0 Å². The van der Waals surface area contributed by atoms with E-state index in [4.69, 9.17) is 9.84 Å². The smallest absolute Gasteiger partial charge is 0.446 e. The summed E-state index contributed by atoms with van der Waals surface area (Å²) in [5, 5.41) is 16.1. The van der Waals surface area contributed by atoms with Crippen molar-refractivity contribution in [1.82, 2.24) is 9.97 Å². The van der Waals surface area contributed by atoms with Gasteiger partial charge in [-0.1, -0.05) is 6.07 Å². The highest BCUT2D eigenvalue weighted by Crippen LogP contribution is 2.37. The number of nitrogens with zero attached hydrogens (tertiary/aromatic N) is 1. The van der Waals surface area contributed by atoms with Crippen LogP contribution in [0.25, 0.3) is 11.0 Å². The molecular weight excluding hydrogens is 487 g/mol. The van der Waals surface area contributed by atoms with Crippen LogP contribution in [-0.4, -0.2) is 32.7 Å². The molecule has 13 heteroatoms. The zero-order valence-corrected chi connectivity index (χ0v) is 18.3. The maximum atomic E-state index is 12.4. The fourth-order valence-electron chi connectivity index (χ4n) is 3.02. The topological polar surface area (TPSA) is 128 Å². The fraction of sp³-hybridized carbons (Fsp3) is 0.0455. The van der Waals surface area contributed by atoms with E-state index >= 15 is 0 Å². The molecule has 0 saturated heterocycles. The van der Waals surface area contributed by atoms with Gasteiger partial charge in [-0.2, -0.15) is 13.2 Å². The van der Waals surface area contributed by atoms with Gasteiger partial charge in [-0.3, -0.25) is 5.32 Å². The second kappa shape index (κ2) is 9.85. The summed E-state index contributed by atoms with van der Waals surface area (Å²) in [6.07, 6.45) is -1.24. The predicted molar refractivity (Wildman–Crippen MR) is 125 cm³/mol. The van der Waals surface area contributed by atoms with Crippen molar-refractivity contribution in [3.63, 3.8) is 0 Å². The number of carbonyl (C=O) groups is 2. The van der Waals surface area contributed by atoms with Gasteiger partial charge in [-0.05, 0) is 60.3 Å². The SMILES string of the molecule is O=C(O)Nc1nc2ccc(Oc3cccc(NC(=O)Nc4ccc(SC(F)(F)F)cc4)c3)cc2[nH]1. The van der Waals surface area contributed by atoms with E-state index in [0.717, 1.165) is 0 Å². The van der Waals surface area contributed by atoms with Gasteiger partial charge in [-0.25, -0.2) is 14.6 Å². The molecule has 0 bridgehead atoms. The summed E-state index contributed by atoms with van der Waals surface area (Å²) in [5.41, 5.74) is -2.55. The molecule has 0 saturated carbocycles. The Morgan fingerprint density at radius 2 is 1.63 bits per heavy atom. The molecule has 0 spiro atoms. The first kappa shape index (κ1) is 23.8. The number of hydrogen-bond acceptors (Lipinski definition) is 5. The lowest BCUT2D eigenvalue weighted by Gasteiger charge is -2.11. The molecule has 0 unspecified atom stereocenters. The summed E-state index contributed by atoms with van der Waals surface area (Å²) < 4.78 is 43.1. The normalized spacial score (nSPS) is 11.2. The van der Waals surface area contributed by atoms with Crippen LogP contribution in [0.5, 0.6) is 11.5 Å². The van der Waals surface area contributed by atoms with Crippen molar-refractivity contribution in [2.45, 2.75) is 10.4 Å². The molecule has 0 aliphatic heterocycles. The Morgan fingerprint density at radius 3 is 2.34 bits per heavy atom. The minimum Gasteiger partial charge on any atom is -0.465 e. The number of carbonyl (C=O) groups excluding carboxylic acids is 1. The first-order valence-electron chi connectivity index (χ1n) is 9.84. The number of imidazole rings is 1. The Labute approximate surface area is 199 Å². The number of anilines is 3. The van der Waals surface area contributed by atoms with Gasteiger partial charge in [0.25, 0.3) is 0 Å². The summed E-state index contributed by atoms with van der Waals surface area (Å²) in [6, 6.07) is 16.2. The average Bonchev–Trinajstić information content (AvgIpc) is 3.15. The molecule has 4 rings (SSSR count). The molecular formula is C22H16F3N5O4S. The summed E-state index contributed by atoms with van der Waals surface area (Å²) in [4.78, 5) is 30.0. The van der Waals surface area contributed by atoms with E-state index in [-0.39, 0.29) is 22.6 Å². The number of nitrogens with one attached hydrogen (secondary N) is 4. The number of benzene rings is 3. The summed E-state index contributed by atoms with van der Waals surface area (Å²) in [5.74, 6) is 0.941. The Morgan fingerprint density at radius 1 is 0.914 bits per heavy atom. The van der Waals surface area contributed by atoms with E-state index in [1.165, 1.54) is 24.3 Å². The number of rotatable bonds is 6. The molecule has 3 amide bonds. The first-order chi connectivity index (χ1) is 16.6. The second-order valence-corrected chi connectivity index (χ2v) is 8.11. The maximum absolute atomic E-state index is 12.4. The zero-order chi connectivity index (χ0) is 25.0. The lowest BCUT2D eigenvalue weighted by molar-refractivity contribution is -0.0328. The molecule has 3 aromatic carbocycles. The average molecular weight is 503 g/mol. The molecule has 0 aliphatic rings. The van der Waals surface area contributed by atoms with Gasteiger partial charge in [0.2, 0.25) is 5.95 Å². The van der Waals surface area contributed by atoms with Crippen molar-refractivity contribution >= 4 is 52.2 Å². The Balaban J connectivity index is 1.38. The van der Waals surface area contributed by atoms with Crippen molar-refractivity contribution < 1.29 is 32.6 Å². The number of urea groups is 1. The number of H-pyrrole nitrogens is 1. The van der Waals surface area contributed by atoms with Crippen molar-refractivity contribution in [2.24, 2.45) is 0 Å². The number of halogens is 3. The van der Waals surface area contributed by atoms with Crippen molar-refractivity contribution in [3.05, 3.63) is 66.7 Å². The van der Waals surface area contributed by atoms with E-state index in [1.54, 1.807) is 42.5 Å². The Kier molecular flexibility index (Phi) is 6.68. The predicted octanol–water partition coefficient (Wildman–Crippen LogP) is 6.70. The number of amides is 3. The van der Waals surface area contributed by atoms with Crippen LogP contribution in [0.4, 0.5) is 40.1 Å². The summed E-state index contributed by atoms with van der Waals surface area (Å²) in [6.45, 7) is 0. The number of alkyl halides is 3. The van der Waals surface area contributed by atoms with Crippen LogP contribution >= 0.6 is 11.8 Å². The quantitative estimate of drug-likeness (QED) is 0.186. The minimum absolute atomic E-state index is 0.0102. The fourth-order valence-corrected chi connectivity index (χ4v) is 3.56. The van der Waals surface area contributed by atoms with E-state index in [1.807, 2.05) is 0 Å². The second-order valence-electron chi connectivity index (χ2n) is 6.98. The molecule has 0 fully saturated rings. The largest absolute Gasteiger partial charge is 0.465 e. The number of carboxylic acid groups (broad SMARTS) is 1.